The summed E-state index contributed by atoms with van der Waals surface area (Å²) in [7, 11) is 1.63. The molecule has 0 radical (unpaired) electrons. The second-order valence-corrected chi connectivity index (χ2v) is 9.19. The fourth-order valence-electron chi connectivity index (χ4n) is 3.57. The highest BCUT2D eigenvalue weighted by Crippen LogP contribution is 2.38. The quantitative estimate of drug-likeness (QED) is 0.529. The van der Waals surface area contributed by atoms with Gasteiger partial charge in [-0.2, -0.15) is 0 Å². The minimum atomic E-state index is 0.00148. The summed E-state index contributed by atoms with van der Waals surface area (Å²) in [5.74, 6) is 1.91. The summed E-state index contributed by atoms with van der Waals surface area (Å²) >= 11 is 7.90. The molecule has 0 aliphatic carbocycles. The van der Waals surface area contributed by atoms with Crippen molar-refractivity contribution < 1.29 is 14.3 Å². The van der Waals surface area contributed by atoms with Crippen LogP contribution in [0.1, 0.15) is 25.3 Å². The zero-order valence-electron chi connectivity index (χ0n) is 17.9. The number of halogens is 1. The lowest BCUT2D eigenvalue weighted by Gasteiger charge is -2.34. The molecular formula is C23H26ClN3O3S. The van der Waals surface area contributed by atoms with E-state index in [0.717, 1.165) is 21.1 Å². The highest BCUT2D eigenvalue weighted by Gasteiger charge is 2.24. The van der Waals surface area contributed by atoms with Gasteiger partial charge in [-0.25, -0.2) is 4.98 Å². The fraction of sp³-hybridized carbons (Fsp3) is 0.391. The van der Waals surface area contributed by atoms with Crippen molar-refractivity contribution >= 4 is 44.2 Å². The van der Waals surface area contributed by atoms with E-state index in [0.29, 0.717) is 42.9 Å². The second-order valence-electron chi connectivity index (χ2n) is 7.80. The first-order valence-electron chi connectivity index (χ1n) is 10.3. The maximum Gasteiger partial charge on any atom is 0.260 e. The molecule has 31 heavy (non-hydrogen) atoms. The van der Waals surface area contributed by atoms with Crippen LogP contribution >= 0.6 is 22.9 Å². The zero-order valence-corrected chi connectivity index (χ0v) is 19.5. The van der Waals surface area contributed by atoms with Crippen molar-refractivity contribution in [1.29, 1.82) is 0 Å². The Morgan fingerprint density at radius 3 is 2.48 bits per heavy atom. The second kappa shape index (κ2) is 9.32. The van der Waals surface area contributed by atoms with E-state index in [9.17, 15) is 4.79 Å². The number of ether oxygens (including phenoxy) is 2. The molecule has 6 nitrogen and oxygen atoms in total. The highest BCUT2D eigenvalue weighted by atomic mass is 35.5. The number of carbonyl (C=O) groups excluding carboxylic acids is 1. The predicted molar refractivity (Wildman–Crippen MR) is 126 cm³/mol. The number of nitrogens with zero attached hydrogens (tertiary/aromatic N) is 3. The number of fused-ring (bicyclic) bond motifs is 1. The van der Waals surface area contributed by atoms with Gasteiger partial charge in [-0.05, 0) is 35.7 Å². The van der Waals surface area contributed by atoms with Crippen molar-refractivity contribution in [3.05, 3.63) is 47.0 Å². The van der Waals surface area contributed by atoms with Crippen LogP contribution in [0.3, 0.4) is 0 Å². The van der Waals surface area contributed by atoms with Crippen LogP contribution in [0.25, 0.3) is 10.2 Å². The molecule has 2 heterocycles. The molecule has 2 aromatic carbocycles. The van der Waals surface area contributed by atoms with E-state index in [1.807, 2.05) is 41.3 Å². The zero-order chi connectivity index (χ0) is 22.0. The monoisotopic (exact) mass is 459 g/mol. The van der Waals surface area contributed by atoms with E-state index >= 15 is 0 Å². The van der Waals surface area contributed by atoms with Gasteiger partial charge in [0.2, 0.25) is 0 Å². The van der Waals surface area contributed by atoms with Crippen LogP contribution in [0.15, 0.2) is 36.4 Å². The van der Waals surface area contributed by atoms with Gasteiger partial charge < -0.3 is 19.3 Å². The number of hydrogen-bond acceptors (Lipinski definition) is 6. The maximum absolute atomic E-state index is 12.6. The number of thiazole rings is 1. The van der Waals surface area contributed by atoms with Crippen LogP contribution < -0.4 is 14.4 Å². The Hall–Kier alpha value is -2.51. The average molecular weight is 460 g/mol. The average Bonchev–Trinajstić information content (AvgIpc) is 3.24. The van der Waals surface area contributed by atoms with E-state index in [1.165, 1.54) is 5.56 Å². The van der Waals surface area contributed by atoms with Gasteiger partial charge in [0.05, 0.1) is 16.8 Å². The van der Waals surface area contributed by atoms with Crippen molar-refractivity contribution in [2.75, 3.05) is 44.8 Å². The third-order valence-electron chi connectivity index (χ3n) is 5.48. The van der Waals surface area contributed by atoms with Crippen LogP contribution in [-0.2, 0) is 4.79 Å². The van der Waals surface area contributed by atoms with Crippen LogP contribution in [0.4, 0.5) is 5.13 Å². The van der Waals surface area contributed by atoms with E-state index in [2.05, 4.69) is 18.7 Å². The third kappa shape index (κ3) is 4.72. The molecule has 0 saturated carbocycles. The van der Waals surface area contributed by atoms with Gasteiger partial charge in [-0.1, -0.05) is 48.9 Å². The Bertz CT molecular complexity index is 1060. The Labute approximate surface area is 191 Å². The summed E-state index contributed by atoms with van der Waals surface area (Å²) in [6.07, 6.45) is 0. The molecule has 1 aliphatic heterocycles. The molecule has 164 valence electrons. The molecule has 0 atom stereocenters. The van der Waals surface area contributed by atoms with Crippen LogP contribution in [0, 0.1) is 0 Å². The molecule has 4 rings (SSSR count). The van der Waals surface area contributed by atoms with Crippen LogP contribution in [0.2, 0.25) is 5.02 Å². The largest absolute Gasteiger partial charge is 0.494 e. The number of hydrogen-bond donors (Lipinski definition) is 0. The van der Waals surface area contributed by atoms with E-state index in [1.54, 1.807) is 18.4 Å². The summed E-state index contributed by atoms with van der Waals surface area (Å²) in [6.45, 7) is 7.06. The van der Waals surface area contributed by atoms with Gasteiger partial charge in [-0.3, -0.25) is 4.79 Å². The third-order valence-corrected chi connectivity index (χ3v) is 7.06. The number of amides is 1. The first-order valence-corrected chi connectivity index (χ1v) is 11.5. The Morgan fingerprint density at radius 2 is 1.84 bits per heavy atom. The van der Waals surface area contributed by atoms with Crippen molar-refractivity contribution in [2.45, 2.75) is 19.8 Å². The summed E-state index contributed by atoms with van der Waals surface area (Å²) in [5, 5.41) is 1.57. The van der Waals surface area contributed by atoms with E-state index < -0.39 is 0 Å². The van der Waals surface area contributed by atoms with Gasteiger partial charge in [0, 0.05) is 26.2 Å². The van der Waals surface area contributed by atoms with Crippen LogP contribution in [-0.4, -0.2) is 55.7 Å². The number of rotatable bonds is 6. The molecule has 1 amide bonds. The molecule has 1 fully saturated rings. The first-order chi connectivity index (χ1) is 15.0. The smallest absolute Gasteiger partial charge is 0.260 e. The normalized spacial score (nSPS) is 14.4. The van der Waals surface area contributed by atoms with Crippen molar-refractivity contribution in [3.63, 3.8) is 0 Å². The number of benzene rings is 2. The Morgan fingerprint density at radius 1 is 1.13 bits per heavy atom. The SMILES string of the molecule is COc1ccc(Cl)c2sc(N3CCN(C(=O)COc4ccc(C(C)C)cc4)CC3)nc12. The van der Waals surface area contributed by atoms with E-state index in [4.69, 9.17) is 26.1 Å². The van der Waals surface area contributed by atoms with Gasteiger partial charge in [-0.15, -0.1) is 0 Å². The number of anilines is 1. The molecule has 0 N–H and O–H groups in total. The Kier molecular flexibility index (Phi) is 6.53. The molecule has 0 unspecified atom stereocenters. The first kappa shape index (κ1) is 21.7. The van der Waals surface area contributed by atoms with Gasteiger partial charge >= 0.3 is 0 Å². The summed E-state index contributed by atoms with van der Waals surface area (Å²) in [6, 6.07) is 11.6. The summed E-state index contributed by atoms with van der Waals surface area (Å²) < 4.78 is 12.0. The number of methoxy groups -OCH3 is 1. The minimum Gasteiger partial charge on any atom is -0.494 e. The molecule has 0 spiro atoms. The maximum atomic E-state index is 12.6. The molecule has 3 aromatic rings. The van der Waals surface area contributed by atoms with Gasteiger partial charge in [0.15, 0.2) is 11.7 Å². The predicted octanol–water partition coefficient (Wildman–Crippen LogP) is 4.81. The molecule has 1 saturated heterocycles. The van der Waals surface area contributed by atoms with Gasteiger partial charge in [0.1, 0.15) is 17.0 Å². The lowest BCUT2D eigenvalue weighted by molar-refractivity contribution is -0.133. The van der Waals surface area contributed by atoms with Crippen molar-refractivity contribution in [2.24, 2.45) is 0 Å². The molecule has 8 heteroatoms. The molecule has 1 aliphatic rings. The lowest BCUT2D eigenvalue weighted by Crippen LogP contribution is -2.50. The van der Waals surface area contributed by atoms with Crippen molar-refractivity contribution in [3.8, 4) is 11.5 Å². The Balaban J connectivity index is 1.33. The van der Waals surface area contributed by atoms with Gasteiger partial charge in [0.25, 0.3) is 5.91 Å². The number of carbonyl (C=O) groups is 1. The summed E-state index contributed by atoms with van der Waals surface area (Å²) in [5.41, 5.74) is 2.04. The summed E-state index contributed by atoms with van der Waals surface area (Å²) in [4.78, 5) is 21.4. The molecule has 1 aromatic heterocycles. The molecule has 0 bridgehead atoms. The minimum absolute atomic E-state index is 0.00148. The standard InChI is InChI=1S/C23H26ClN3O3S/c1-15(2)16-4-6-17(7-5-16)30-14-20(28)26-10-12-27(13-11-26)23-25-21-19(29-3)9-8-18(24)22(21)31-23/h4-9,15H,10-14H2,1-3H3. The van der Waals surface area contributed by atoms with Crippen molar-refractivity contribution in [1.82, 2.24) is 9.88 Å². The lowest BCUT2D eigenvalue weighted by atomic mass is 10.0. The van der Waals surface area contributed by atoms with E-state index in [-0.39, 0.29) is 12.5 Å². The fourth-order valence-corrected chi connectivity index (χ4v) is 4.88. The highest BCUT2D eigenvalue weighted by molar-refractivity contribution is 7.22. The van der Waals surface area contributed by atoms with Crippen LogP contribution in [0.5, 0.6) is 11.5 Å². The topological polar surface area (TPSA) is 54.9 Å². The number of aromatic nitrogens is 1. The molecular weight excluding hydrogens is 434 g/mol. The number of piperazine rings is 1.